The zero-order valence-electron chi connectivity index (χ0n) is 10.9. The van der Waals surface area contributed by atoms with E-state index in [1.807, 2.05) is 0 Å². The van der Waals surface area contributed by atoms with Gasteiger partial charge in [0.2, 0.25) is 0 Å². The van der Waals surface area contributed by atoms with Crippen LogP contribution in [-0.2, 0) is 0 Å². The number of aliphatic hydroxyl groups is 1. The lowest BCUT2D eigenvalue weighted by molar-refractivity contribution is 0.0913. The van der Waals surface area contributed by atoms with Crippen LogP contribution in [-0.4, -0.2) is 22.7 Å². The minimum Gasteiger partial charge on any atom is -0.507 e. The van der Waals surface area contributed by atoms with Crippen LogP contribution in [0.2, 0.25) is 0 Å². The quantitative estimate of drug-likeness (QED) is 0.809. The molecule has 0 aliphatic carbocycles. The maximum Gasteiger partial charge on any atom is 0.255 e. The van der Waals surface area contributed by atoms with Crippen molar-refractivity contribution in [3.05, 3.63) is 65.2 Å². The van der Waals surface area contributed by atoms with Crippen LogP contribution >= 0.6 is 0 Å². The SMILES string of the molecule is O=C(NCC(O)c1ccc(F)cc1)c1cc(F)ccc1O. The van der Waals surface area contributed by atoms with Gasteiger partial charge in [0.1, 0.15) is 17.4 Å². The molecule has 4 nitrogen and oxygen atoms in total. The number of benzene rings is 2. The molecule has 0 saturated heterocycles. The Morgan fingerprint density at radius 3 is 2.38 bits per heavy atom. The Bertz CT molecular complexity index is 644. The highest BCUT2D eigenvalue weighted by Crippen LogP contribution is 2.18. The molecule has 1 unspecified atom stereocenters. The number of phenols is 1. The van der Waals surface area contributed by atoms with E-state index < -0.39 is 23.6 Å². The van der Waals surface area contributed by atoms with Crippen molar-refractivity contribution in [2.24, 2.45) is 0 Å². The summed E-state index contributed by atoms with van der Waals surface area (Å²) >= 11 is 0. The Morgan fingerprint density at radius 1 is 1.10 bits per heavy atom. The number of carbonyl (C=O) groups is 1. The Labute approximate surface area is 119 Å². The average Bonchev–Trinajstić information content (AvgIpc) is 2.47. The van der Waals surface area contributed by atoms with Crippen molar-refractivity contribution in [2.75, 3.05) is 6.54 Å². The standard InChI is InChI=1S/C15H13F2NO3/c16-10-3-1-9(2-4-10)14(20)8-18-15(21)12-7-11(17)5-6-13(12)19/h1-7,14,19-20H,8H2,(H,18,21). The monoisotopic (exact) mass is 293 g/mol. The van der Waals surface area contributed by atoms with Crippen molar-refractivity contribution < 1.29 is 23.8 Å². The second-order valence-electron chi connectivity index (χ2n) is 4.44. The fourth-order valence-corrected chi connectivity index (χ4v) is 1.78. The van der Waals surface area contributed by atoms with Gasteiger partial charge in [0.05, 0.1) is 11.7 Å². The van der Waals surface area contributed by atoms with Gasteiger partial charge in [-0.15, -0.1) is 0 Å². The predicted molar refractivity (Wildman–Crippen MR) is 71.8 cm³/mol. The number of hydrogen-bond donors (Lipinski definition) is 3. The minimum absolute atomic E-state index is 0.152. The predicted octanol–water partition coefficient (Wildman–Crippen LogP) is 2.13. The normalized spacial score (nSPS) is 12.0. The first-order valence-corrected chi connectivity index (χ1v) is 6.17. The molecule has 0 radical (unpaired) electrons. The smallest absolute Gasteiger partial charge is 0.255 e. The fourth-order valence-electron chi connectivity index (χ4n) is 1.78. The molecule has 3 N–H and O–H groups in total. The molecular formula is C15H13F2NO3. The molecule has 2 rings (SSSR count). The molecule has 0 aliphatic rings. The van der Waals surface area contributed by atoms with E-state index in [0.29, 0.717) is 5.56 Å². The summed E-state index contributed by atoms with van der Waals surface area (Å²) in [4.78, 5) is 11.8. The van der Waals surface area contributed by atoms with Crippen molar-refractivity contribution >= 4 is 5.91 Å². The lowest BCUT2D eigenvalue weighted by Crippen LogP contribution is -2.28. The number of amides is 1. The fraction of sp³-hybridized carbons (Fsp3) is 0.133. The van der Waals surface area contributed by atoms with Gasteiger partial charge in [0.15, 0.2) is 0 Å². The number of aromatic hydroxyl groups is 1. The molecule has 1 amide bonds. The average molecular weight is 293 g/mol. The van der Waals surface area contributed by atoms with E-state index in [-0.39, 0.29) is 17.9 Å². The first kappa shape index (κ1) is 14.9. The molecule has 0 heterocycles. The molecule has 0 aliphatic heterocycles. The van der Waals surface area contributed by atoms with Gasteiger partial charge in [-0.1, -0.05) is 12.1 Å². The molecule has 0 saturated carbocycles. The molecule has 1 atom stereocenters. The molecular weight excluding hydrogens is 280 g/mol. The summed E-state index contributed by atoms with van der Waals surface area (Å²) < 4.78 is 25.8. The number of nitrogens with one attached hydrogen (secondary N) is 1. The van der Waals surface area contributed by atoms with Crippen molar-refractivity contribution in [1.82, 2.24) is 5.32 Å². The number of aliphatic hydroxyl groups excluding tert-OH is 1. The first-order chi connectivity index (χ1) is 9.97. The van der Waals surface area contributed by atoms with Gasteiger partial charge in [0.25, 0.3) is 5.91 Å². The molecule has 2 aromatic carbocycles. The topological polar surface area (TPSA) is 69.6 Å². The number of carbonyl (C=O) groups excluding carboxylic acids is 1. The molecule has 0 aromatic heterocycles. The summed E-state index contributed by atoms with van der Waals surface area (Å²) in [6.07, 6.45) is -1.04. The van der Waals surface area contributed by atoms with Crippen LogP contribution in [0.4, 0.5) is 8.78 Å². The van der Waals surface area contributed by atoms with Crippen LogP contribution in [0.25, 0.3) is 0 Å². The van der Waals surface area contributed by atoms with Crippen molar-refractivity contribution in [3.8, 4) is 5.75 Å². The van der Waals surface area contributed by atoms with Crippen molar-refractivity contribution in [2.45, 2.75) is 6.10 Å². The maximum atomic E-state index is 13.0. The number of phenolic OH excluding ortho intramolecular Hbond substituents is 1. The van der Waals surface area contributed by atoms with E-state index in [2.05, 4.69) is 5.32 Å². The summed E-state index contributed by atoms with van der Waals surface area (Å²) in [7, 11) is 0. The summed E-state index contributed by atoms with van der Waals surface area (Å²) in [5.74, 6) is -2.16. The highest BCUT2D eigenvalue weighted by Gasteiger charge is 2.14. The lowest BCUT2D eigenvalue weighted by Gasteiger charge is -2.12. The van der Waals surface area contributed by atoms with E-state index in [4.69, 9.17) is 0 Å². The Kier molecular flexibility index (Phi) is 4.49. The van der Waals surface area contributed by atoms with E-state index >= 15 is 0 Å². The molecule has 0 fully saturated rings. The molecule has 110 valence electrons. The van der Waals surface area contributed by atoms with Crippen LogP contribution in [0.1, 0.15) is 22.0 Å². The van der Waals surface area contributed by atoms with Crippen molar-refractivity contribution in [1.29, 1.82) is 0 Å². The maximum absolute atomic E-state index is 13.0. The van der Waals surface area contributed by atoms with Gasteiger partial charge >= 0.3 is 0 Å². The van der Waals surface area contributed by atoms with Crippen LogP contribution in [0, 0.1) is 11.6 Å². The molecule has 21 heavy (non-hydrogen) atoms. The van der Waals surface area contributed by atoms with Crippen LogP contribution < -0.4 is 5.32 Å². The Balaban J connectivity index is 2.00. The number of rotatable bonds is 4. The van der Waals surface area contributed by atoms with Gasteiger partial charge in [-0.25, -0.2) is 8.78 Å². The number of halogens is 2. The summed E-state index contributed by atoms with van der Waals surface area (Å²) in [5, 5.41) is 21.7. The molecule has 6 heteroatoms. The summed E-state index contributed by atoms with van der Waals surface area (Å²) in [5.41, 5.74) is 0.210. The third-order valence-corrected chi connectivity index (χ3v) is 2.91. The zero-order chi connectivity index (χ0) is 15.4. The van der Waals surface area contributed by atoms with Crippen LogP contribution in [0.3, 0.4) is 0 Å². The largest absolute Gasteiger partial charge is 0.507 e. The molecule has 0 spiro atoms. The number of hydrogen-bond acceptors (Lipinski definition) is 3. The van der Waals surface area contributed by atoms with Crippen LogP contribution in [0.15, 0.2) is 42.5 Å². The van der Waals surface area contributed by atoms with Gasteiger partial charge in [-0.3, -0.25) is 4.79 Å². The van der Waals surface area contributed by atoms with Crippen molar-refractivity contribution in [3.63, 3.8) is 0 Å². The lowest BCUT2D eigenvalue weighted by atomic mass is 10.1. The zero-order valence-corrected chi connectivity index (χ0v) is 10.9. The third-order valence-electron chi connectivity index (χ3n) is 2.91. The van der Waals surface area contributed by atoms with E-state index in [0.717, 1.165) is 18.2 Å². The van der Waals surface area contributed by atoms with E-state index in [1.54, 1.807) is 0 Å². The summed E-state index contributed by atoms with van der Waals surface area (Å²) in [6.45, 7) is -0.152. The minimum atomic E-state index is -1.04. The van der Waals surface area contributed by atoms with Gasteiger partial charge in [-0.05, 0) is 35.9 Å². The van der Waals surface area contributed by atoms with E-state index in [1.165, 1.54) is 24.3 Å². The summed E-state index contributed by atoms with van der Waals surface area (Å²) in [6, 6.07) is 8.17. The molecule has 0 bridgehead atoms. The second-order valence-corrected chi connectivity index (χ2v) is 4.44. The third kappa shape index (κ3) is 3.76. The van der Waals surface area contributed by atoms with Crippen LogP contribution in [0.5, 0.6) is 5.75 Å². The first-order valence-electron chi connectivity index (χ1n) is 6.17. The Hall–Kier alpha value is -2.47. The van der Waals surface area contributed by atoms with E-state index in [9.17, 15) is 23.8 Å². The highest BCUT2D eigenvalue weighted by molar-refractivity contribution is 5.96. The Morgan fingerprint density at radius 2 is 1.71 bits per heavy atom. The van der Waals surface area contributed by atoms with Gasteiger partial charge < -0.3 is 15.5 Å². The van der Waals surface area contributed by atoms with Gasteiger partial charge in [-0.2, -0.15) is 0 Å². The van der Waals surface area contributed by atoms with Gasteiger partial charge in [0, 0.05) is 6.54 Å². The molecule has 2 aromatic rings. The highest BCUT2D eigenvalue weighted by atomic mass is 19.1. The second kappa shape index (κ2) is 6.32.